The van der Waals surface area contributed by atoms with E-state index in [1.807, 2.05) is 6.92 Å². The first-order valence-electron chi connectivity index (χ1n) is 4.83. The fraction of sp³-hybridized carbons (Fsp3) is 0.364. The molecule has 0 heterocycles. The maximum Gasteiger partial charge on any atom is 0.181 e. The van der Waals surface area contributed by atoms with Gasteiger partial charge in [0.1, 0.15) is 5.25 Å². The highest BCUT2D eigenvalue weighted by molar-refractivity contribution is 9.11. The van der Waals surface area contributed by atoms with Crippen molar-refractivity contribution in [3.05, 3.63) is 32.2 Å². The summed E-state index contributed by atoms with van der Waals surface area (Å²) in [5.41, 5.74) is 1.35. The van der Waals surface area contributed by atoms with E-state index >= 15 is 0 Å². The molecule has 1 aromatic rings. The number of hydrogen-bond donors (Lipinski definition) is 0. The molecule has 0 aliphatic carbocycles. The van der Waals surface area contributed by atoms with Gasteiger partial charge in [-0.2, -0.15) is 0 Å². The van der Waals surface area contributed by atoms with Crippen LogP contribution in [0, 0.1) is 6.92 Å². The molecule has 17 heavy (non-hydrogen) atoms. The number of halogens is 2. The van der Waals surface area contributed by atoms with Gasteiger partial charge < -0.3 is 0 Å². The van der Waals surface area contributed by atoms with Crippen molar-refractivity contribution in [2.75, 3.05) is 6.26 Å². The monoisotopic (exact) mass is 382 g/mol. The smallest absolute Gasteiger partial charge is 0.181 e. The van der Waals surface area contributed by atoms with E-state index < -0.39 is 20.9 Å². The molecule has 0 fully saturated rings. The van der Waals surface area contributed by atoms with Crippen LogP contribution in [0.1, 0.15) is 22.8 Å². The molecule has 3 nitrogen and oxygen atoms in total. The highest BCUT2D eigenvalue weighted by Crippen LogP contribution is 2.27. The van der Waals surface area contributed by atoms with Gasteiger partial charge in [0.15, 0.2) is 15.6 Å². The van der Waals surface area contributed by atoms with Gasteiger partial charge in [-0.25, -0.2) is 8.42 Å². The predicted molar refractivity (Wildman–Crippen MR) is 75.2 cm³/mol. The van der Waals surface area contributed by atoms with Gasteiger partial charge in [-0.3, -0.25) is 4.79 Å². The van der Waals surface area contributed by atoms with E-state index in [4.69, 9.17) is 0 Å². The third kappa shape index (κ3) is 3.39. The van der Waals surface area contributed by atoms with Gasteiger partial charge >= 0.3 is 0 Å². The van der Waals surface area contributed by atoms with Crippen LogP contribution in [-0.2, 0) is 9.84 Å². The van der Waals surface area contributed by atoms with Crippen LogP contribution < -0.4 is 0 Å². The Labute approximate surface area is 118 Å². The summed E-state index contributed by atoms with van der Waals surface area (Å²) in [5.74, 6) is -0.403. The summed E-state index contributed by atoms with van der Waals surface area (Å²) in [5, 5.41) is -1.03. The molecule has 1 unspecified atom stereocenters. The lowest BCUT2D eigenvalue weighted by atomic mass is 10.1. The van der Waals surface area contributed by atoms with E-state index in [2.05, 4.69) is 31.9 Å². The van der Waals surface area contributed by atoms with Crippen LogP contribution in [0.15, 0.2) is 21.1 Å². The SMILES string of the molecule is Cc1cc(Br)c(C(=O)C(C)S(C)(=O)=O)cc1Br. The van der Waals surface area contributed by atoms with E-state index in [0.29, 0.717) is 10.0 Å². The minimum atomic E-state index is -3.38. The normalized spacial score (nSPS) is 13.5. The zero-order valence-electron chi connectivity index (χ0n) is 9.62. The van der Waals surface area contributed by atoms with Gasteiger partial charge in [0.25, 0.3) is 0 Å². The van der Waals surface area contributed by atoms with E-state index in [9.17, 15) is 13.2 Å². The zero-order chi connectivity index (χ0) is 13.4. The minimum Gasteiger partial charge on any atom is -0.293 e. The largest absolute Gasteiger partial charge is 0.293 e. The molecule has 0 radical (unpaired) electrons. The number of ketones is 1. The average Bonchev–Trinajstić information content (AvgIpc) is 2.20. The van der Waals surface area contributed by atoms with Gasteiger partial charge in [-0.15, -0.1) is 0 Å². The van der Waals surface area contributed by atoms with E-state index in [1.54, 1.807) is 12.1 Å². The molecular formula is C11H12Br2O3S. The number of rotatable bonds is 3. The van der Waals surface area contributed by atoms with Crippen LogP contribution in [0.3, 0.4) is 0 Å². The number of hydrogen-bond acceptors (Lipinski definition) is 3. The molecule has 0 saturated carbocycles. The van der Waals surface area contributed by atoms with Gasteiger partial charge in [0.2, 0.25) is 0 Å². The van der Waals surface area contributed by atoms with Gasteiger partial charge in [-0.05, 0) is 31.5 Å². The first-order valence-corrected chi connectivity index (χ1v) is 8.37. The topological polar surface area (TPSA) is 51.2 Å². The van der Waals surface area contributed by atoms with Crippen molar-refractivity contribution in [1.82, 2.24) is 0 Å². The Morgan fingerprint density at radius 3 is 2.24 bits per heavy atom. The van der Waals surface area contributed by atoms with Crippen LogP contribution in [0.2, 0.25) is 0 Å². The summed E-state index contributed by atoms with van der Waals surface area (Å²) < 4.78 is 24.1. The first-order chi connectivity index (χ1) is 7.64. The lowest BCUT2D eigenvalue weighted by molar-refractivity contribution is 0.0991. The molecule has 0 amide bonds. The molecule has 6 heteroatoms. The van der Waals surface area contributed by atoms with Crippen LogP contribution in [0.4, 0.5) is 0 Å². The summed E-state index contributed by atoms with van der Waals surface area (Å²) in [6.45, 7) is 3.29. The predicted octanol–water partition coefficient (Wildman–Crippen LogP) is 3.14. The van der Waals surface area contributed by atoms with Crippen molar-refractivity contribution < 1.29 is 13.2 Å². The number of carbonyl (C=O) groups is 1. The number of benzene rings is 1. The molecule has 0 N–H and O–H groups in total. The molecule has 1 rings (SSSR count). The number of sulfone groups is 1. The average molecular weight is 384 g/mol. The number of carbonyl (C=O) groups excluding carboxylic acids is 1. The standard InChI is InChI=1S/C11H12Br2O3S/c1-6-4-10(13)8(5-9(6)12)11(14)7(2)17(3,15)16/h4-5,7H,1-3H3. The Morgan fingerprint density at radius 2 is 1.76 bits per heavy atom. The van der Waals surface area contributed by atoms with Crippen molar-refractivity contribution in [2.45, 2.75) is 19.1 Å². The second-order valence-corrected chi connectivity index (χ2v) is 7.99. The summed E-state index contributed by atoms with van der Waals surface area (Å²) >= 11 is 6.61. The third-order valence-corrected chi connectivity index (χ3v) is 5.53. The van der Waals surface area contributed by atoms with Gasteiger partial charge in [0.05, 0.1) is 0 Å². The Hall–Kier alpha value is -0.200. The molecule has 94 valence electrons. The van der Waals surface area contributed by atoms with E-state index in [-0.39, 0.29) is 0 Å². The quantitative estimate of drug-likeness (QED) is 0.753. The van der Waals surface area contributed by atoms with Crippen molar-refractivity contribution in [3.8, 4) is 0 Å². The molecular weight excluding hydrogens is 372 g/mol. The summed E-state index contributed by atoms with van der Waals surface area (Å²) in [6.07, 6.45) is 1.06. The highest BCUT2D eigenvalue weighted by atomic mass is 79.9. The maximum atomic E-state index is 12.0. The van der Waals surface area contributed by atoms with Crippen molar-refractivity contribution in [2.24, 2.45) is 0 Å². The Morgan fingerprint density at radius 1 is 1.24 bits per heavy atom. The fourth-order valence-electron chi connectivity index (χ4n) is 1.25. The van der Waals surface area contributed by atoms with Gasteiger partial charge in [0, 0.05) is 20.8 Å². The van der Waals surface area contributed by atoms with Crippen LogP contribution in [0.25, 0.3) is 0 Å². The molecule has 1 aromatic carbocycles. The number of aryl methyl sites for hydroxylation is 1. The Balaban J connectivity index is 3.27. The number of Topliss-reactive ketones (excluding diaryl/α,β-unsaturated/α-hetero) is 1. The molecule has 0 bridgehead atoms. The van der Waals surface area contributed by atoms with E-state index in [0.717, 1.165) is 16.3 Å². The van der Waals surface area contributed by atoms with Crippen molar-refractivity contribution >= 4 is 47.5 Å². The van der Waals surface area contributed by atoms with Crippen LogP contribution in [0.5, 0.6) is 0 Å². The second-order valence-electron chi connectivity index (χ2n) is 3.92. The highest BCUT2D eigenvalue weighted by Gasteiger charge is 2.26. The minimum absolute atomic E-state index is 0.375. The Bertz CT molecular complexity index is 564. The zero-order valence-corrected chi connectivity index (χ0v) is 13.6. The van der Waals surface area contributed by atoms with E-state index in [1.165, 1.54) is 6.92 Å². The van der Waals surface area contributed by atoms with Crippen LogP contribution in [-0.4, -0.2) is 25.7 Å². The molecule has 0 aliphatic rings. The lowest BCUT2D eigenvalue weighted by Crippen LogP contribution is -2.26. The lowest BCUT2D eigenvalue weighted by Gasteiger charge is -2.11. The molecule has 0 aromatic heterocycles. The summed E-state index contributed by atoms with van der Waals surface area (Å²) in [6, 6.07) is 3.43. The van der Waals surface area contributed by atoms with Gasteiger partial charge in [-0.1, -0.05) is 31.9 Å². The van der Waals surface area contributed by atoms with Crippen molar-refractivity contribution in [1.29, 1.82) is 0 Å². The third-order valence-electron chi connectivity index (χ3n) is 2.53. The van der Waals surface area contributed by atoms with Crippen molar-refractivity contribution in [3.63, 3.8) is 0 Å². The summed E-state index contributed by atoms with van der Waals surface area (Å²) in [7, 11) is -3.38. The summed E-state index contributed by atoms with van der Waals surface area (Å²) in [4.78, 5) is 12.0. The fourth-order valence-corrected chi connectivity index (χ4v) is 2.76. The molecule has 0 aliphatic heterocycles. The second kappa shape index (κ2) is 5.20. The molecule has 1 atom stereocenters. The molecule has 0 saturated heterocycles. The first kappa shape index (κ1) is 14.9. The maximum absolute atomic E-state index is 12.0. The van der Waals surface area contributed by atoms with Crippen LogP contribution >= 0.6 is 31.9 Å². The Kier molecular flexibility index (Phi) is 4.54. The molecule has 0 spiro atoms.